The average molecular weight is 337 g/mol. The van der Waals surface area contributed by atoms with E-state index in [0.29, 0.717) is 17.1 Å². The Balaban J connectivity index is 3.07. The van der Waals surface area contributed by atoms with E-state index in [9.17, 15) is 0 Å². The number of hydrogen-bond donors (Lipinski definition) is 2. The van der Waals surface area contributed by atoms with E-state index < -0.39 is 0 Å². The quantitative estimate of drug-likeness (QED) is 0.370. The van der Waals surface area contributed by atoms with Crippen LogP contribution in [0.1, 0.15) is 5.56 Å². The predicted molar refractivity (Wildman–Crippen MR) is 67.7 cm³/mol. The Morgan fingerprint density at radius 1 is 1.50 bits per heavy atom. The van der Waals surface area contributed by atoms with Gasteiger partial charge < -0.3 is 19.8 Å². The first kappa shape index (κ1) is 13.0. The van der Waals surface area contributed by atoms with E-state index in [1.54, 1.807) is 12.1 Å². The number of aliphatic hydroxyl groups is 1. The van der Waals surface area contributed by atoms with Crippen molar-refractivity contribution < 1.29 is 19.8 Å². The summed E-state index contributed by atoms with van der Waals surface area (Å²) in [7, 11) is 1.52. The summed E-state index contributed by atoms with van der Waals surface area (Å²) in [5.74, 6) is 1.11. The summed E-state index contributed by atoms with van der Waals surface area (Å²) < 4.78 is 11.3. The van der Waals surface area contributed by atoms with Crippen LogP contribution in [0.15, 0.2) is 17.3 Å². The van der Waals surface area contributed by atoms with Gasteiger partial charge >= 0.3 is 0 Å². The fraction of sp³-hybridized carbons (Fsp3) is 0.300. The third-order valence-electron chi connectivity index (χ3n) is 1.80. The van der Waals surface area contributed by atoms with Crippen molar-refractivity contribution in [3.8, 4) is 11.5 Å². The Labute approximate surface area is 107 Å². The molecule has 1 aromatic rings. The molecule has 0 aliphatic rings. The molecule has 2 N–H and O–H groups in total. The van der Waals surface area contributed by atoms with Crippen LogP contribution in [0.2, 0.25) is 0 Å². The van der Waals surface area contributed by atoms with Crippen molar-refractivity contribution in [2.45, 2.75) is 0 Å². The molecular formula is C10H12INO4. The molecule has 16 heavy (non-hydrogen) atoms. The Hall–Kier alpha value is -1.02. The Morgan fingerprint density at radius 3 is 2.81 bits per heavy atom. The number of rotatable bonds is 5. The molecule has 0 radical (unpaired) electrons. The van der Waals surface area contributed by atoms with Crippen LogP contribution in [0.25, 0.3) is 0 Å². The van der Waals surface area contributed by atoms with Gasteiger partial charge in [0.15, 0.2) is 11.5 Å². The van der Waals surface area contributed by atoms with Gasteiger partial charge in [0.2, 0.25) is 0 Å². The van der Waals surface area contributed by atoms with Gasteiger partial charge in [0.25, 0.3) is 0 Å². The molecule has 0 amide bonds. The van der Waals surface area contributed by atoms with E-state index >= 15 is 0 Å². The maximum atomic E-state index is 8.70. The molecule has 0 aliphatic heterocycles. The number of ether oxygens (including phenoxy) is 2. The summed E-state index contributed by atoms with van der Waals surface area (Å²) >= 11 is 2.08. The summed E-state index contributed by atoms with van der Waals surface area (Å²) in [6.45, 7) is 0.152. The van der Waals surface area contributed by atoms with Crippen LogP contribution in [-0.4, -0.2) is 36.9 Å². The second-order valence-electron chi connectivity index (χ2n) is 2.85. The van der Waals surface area contributed by atoms with Crippen molar-refractivity contribution in [2.24, 2.45) is 5.16 Å². The van der Waals surface area contributed by atoms with Crippen LogP contribution < -0.4 is 9.47 Å². The van der Waals surface area contributed by atoms with Crippen LogP contribution >= 0.6 is 22.6 Å². The third-order valence-corrected chi connectivity index (χ3v) is 2.60. The molecule has 0 fully saturated rings. The second-order valence-corrected chi connectivity index (χ2v) is 4.01. The van der Waals surface area contributed by atoms with Crippen LogP contribution in [-0.2, 0) is 0 Å². The number of nitrogens with zero attached hydrogens (tertiary/aromatic N) is 1. The fourth-order valence-electron chi connectivity index (χ4n) is 1.17. The number of halogens is 1. The monoisotopic (exact) mass is 337 g/mol. The van der Waals surface area contributed by atoms with Gasteiger partial charge in [-0.15, -0.1) is 0 Å². The van der Waals surface area contributed by atoms with Crippen molar-refractivity contribution in [1.82, 2.24) is 0 Å². The minimum Gasteiger partial charge on any atom is -0.493 e. The molecule has 0 saturated carbocycles. The highest BCUT2D eigenvalue weighted by atomic mass is 127. The van der Waals surface area contributed by atoms with Crippen molar-refractivity contribution >= 4 is 28.8 Å². The Bertz CT molecular complexity index is 381. The Kier molecular flexibility index (Phi) is 5.33. The highest BCUT2D eigenvalue weighted by molar-refractivity contribution is 14.1. The molecule has 5 nitrogen and oxygen atoms in total. The van der Waals surface area contributed by atoms with Gasteiger partial charge in [0.05, 0.1) is 23.5 Å². The smallest absolute Gasteiger partial charge is 0.174 e. The lowest BCUT2D eigenvalue weighted by Gasteiger charge is -2.12. The number of hydrogen-bond acceptors (Lipinski definition) is 5. The van der Waals surface area contributed by atoms with E-state index in [0.717, 1.165) is 3.57 Å². The maximum absolute atomic E-state index is 8.70. The first-order valence-electron chi connectivity index (χ1n) is 4.51. The van der Waals surface area contributed by atoms with E-state index in [1.807, 2.05) is 0 Å². The second kappa shape index (κ2) is 6.54. The van der Waals surface area contributed by atoms with E-state index in [2.05, 4.69) is 27.7 Å². The topological polar surface area (TPSA) is 71.3 Å². The molecular weight excluding hydrogens is 325 g/mol. The number of benzene rings is 1. The lowest BCUT2D eigenvalue weighted by molar-refractivity contribution is 0.195. The number of oxime groups is 1. The normalized spacial score (nSPS) is 10.7. The molecule has 0 saturated heterocycles. The molecule has 1 aromatic carbocycles. The van der Waals surface area contributed by atoms with Crippen LogP contribution in [0.3, 0.4) is 0 Å². The zero-order chi connectivity index (χ0) is 12.0. The van der Waals surface area contributed by atoms with Crippen molar-refractivity contribution in [3.05, 3.63) is 21.3 Å². The highest BCUT2D eigenvalue weighted by Gasteiger charge is 2.10. The summed E-state index contributed by atoms with van der Waals surface area (Å²) in [6.07, 6.45) is 1.31. The SMILES string of the molecule is COc1cc(/C=N/O)cc(I)c1OCCO. The molecule has 88 valence electrons. The van der Waals surface area contributed by atoms with Crippen molar-refractivity contribution in [1.29, 1.82) is 0 Å². The van der Waals surface area contributed by atoms with Crippen molar-refractivity contribution in [3.63, 3.8) is 0 Å². The average Bonchev–Trinajstić information content (AvgIpc) is 2.27. The molecule has 0 aliphatic carbocycles. The predicted octanol–water partition coefficient (Wildman–Crippen LogP) is 1.48. The fourth-order valence-corrected chi connectivity index (χ4v) is 1.95. The van der Waals surface area contributed by atoms with Gasteiger partial charge in [0.1, 0.15) is 6.61 Å². The van der Waals surface area contributed by atoms with E-state index in [1.165, 1.54) is 13.3 Å². The molecule has 0 heterocycles. The van der Waals surface area contributed by atoms with Gasteiger partial charge in [0, 0.05) is 5.56 Å². The summed E-state index contributed by atoms with van der Waals surface area (Å²) in [5.41, 5.74) is 0.708. The molecule has 1 rings (SSSR count). The van der Waals surface area contributed by atoms with Gasteiger partial charge in [-0.25, -0.2) is 0 Å². The summed E-state index contributed by atoms with van der Waals surface area (Å²) in [6, 6.07) is 3.48. The maximum Gasteiger partial charge on any atom is 0.174 e. The standard InChI is InChI=1S/C10H12INO4/c1-15-9-5-7(6-12-14)4-8(11)10(9)16-3-2-13/h4-6,13-14H,2-3H2,1H3/b12-6+. The van der Waals surface area contributed by atoms with Crippen molar-refractivity contribution in [2.75, 3.05) is 20.3 Å². The van der Waals surface area contributed by atoms with E-state index in [-0.39, 0.29) is 13.2 Å². The minimum absolute atomic E-state index is 0.0565. The minimum atomic E-state index is -0.0565. The first-order valence-corrected chi connectivity index (χ1v) is 5.59. The molecule has 0 atom stereocenters. The van der Waals surface area contributed by atoms with Gasteiger partial charge in [-0.1, -0.05) is 5.16 Å². The third kappa shape index (κ3) is 3.24. The molecule has 0 unspecified atom stereocenters. The number of aliphatic hydroxyl groups excluding tert-OH is 1. The molecule has 6 heteroatoms. The van der Waals surface area contributed by atoms with Gasteiger partial charge in [-0.05, 0) is 34.7 Å². The highest BCUT2D eigenvalue weighted by Crippen LogP contribution is 2.33. The summed E-state index contributed by atoms with van der Waals surface area (Å²) in [4.78, 5) is 0. The van der Waals surface area contributed by atoms with Crippen LogP contribution in [0.4, 0.5) is 0 Å². The van der Waals surface area contributed by atoms with Gasteiger partial charge in [-0.2, -0.15) is 0 Å². The van der Waals surface area contributed by atoms with E-state index in [4.69, 9.17) is 19.8 Å². The summed E-state index contributed by atoms with van der Waals surface area (Å²) in [5, 5.41) is 20.1. The molecule has 0 spiro atoms. The first-order chi connectivity index (χ1) is 7.72. The molecule has 0 aromatic heterocycles. The Morgan fingerprint density at radius 2 is 2.25 bits per heavy atom. The van der Waals surface area contributed by atoms with Crippen LogP contribution in [0, 0.1) is 3.57 Å². The largest absolute Gasteiger partial charge is 0.493 e. The number of methoxy groups -OCH3 is 1. The molecule has 0 bridgehead atoms. The van der Waals surface area contributed by atoms with Crippen LogP contribution in [0.5, 0.6) is 11.5 Å². The lowest BCUT2D eigenvalue weighted by atomic mass is 10.2. The zero-order valence-electron chi connectivity index (χ0n) is 8.68. The zero-order valence-corrected chi connectivity index (χ0v) is 10.8. The van der Waals surface area contributed by atoms with Gasteiger partial charge in [-0.3, -0.25) is 0 Å². The lowest BCUT2D eigenvalue weighted by Crippen LogP contribution is -2.05.